The van der Waals surface area contributed by atoms with Gasteiger partial charge in [-0.1, -0.05) is 97.1 Å². The summed E-state index contributed by atoms with van der Waals surface area (Å²) >= 11 is 0. The first kappa shape index (κ1) is 23.4. The lowest BCUT2D eigenvalue weighted by molar-refractivity contribution is 0.0665. The Kier molecular flexibility index (Phi) is 5.17. The van der Waals surface area contributed by atoms with Crippen molar-refractivity contribution in [3.05, 3.63) is 137 Å². The van der Waals surface area contributed by atoms with Crippen molar-refractivity contribution in [2.45, 2.75) is 18.0 Å². The standard InChI is InChI=1S/C34H25NO4/c1-39-24-14-9-13-23(20-24)29-30(31(36)22-11-3-2-4-12-22)35-27-17-8-5-10-21(27)18-19-28(35)34(29)32(37)25-15-6-7-16-26(25)33(34)38/h2-20,28-30H,1H3/t28-,29+,30-/m0/s1. The molecule has 7 rings (SSSR count). The molecule has 5 heteroatoms. The molecular formula is C34H25NO4. The van der Waals surface area contributed by atoms with Crippen molar-refractivity contribution < 1.29 is 19.1 Å². The van der Waals surface area contributed by atoms with E-state index < -0.39 is 23.4 Å². The van der Waals surface area contributed by atoms with Crippen LogP contribution in [0.5, 0.6) is 5.75 Å². The highest BCUT2D eigenvalue weighted by Crippen LogP contribution is 2.61. The summed E-state index contributed by atoms with van der Waals surface area (Å²) in [6, 6.07) is 30.0. The van der Waals surface area contributed by atoms with Gasteiger partial charge in [-0.25, -0.2) is 0 Å². The minimum absolute atomic E-state index is 0.132. The summed E-state index contributed by atoms with van der Waals surface area (Å²) in [5, 5.41) is 0. The van der Waals surface area contributed by atoms with Gasteiger partial charge in [0, 0.05) is 28.3 Å². The average Bonchev–Trinajstić information content (AvgIpc) is 3.43. The van der Waals surface area contributed by atoms with Crippen LogP contribution in [0.4, 0.5) is 5.69 Å². The number of ketones is 3. The molecule has 190 valence electrons. The summed E-state index contributed by atoms with van der Waals surface area (Å²) < 4.78 is 5.55. The summed E-state index contributed by atoms with van der Waals surface area (Å²) in [7, 11) is 1.58. The second-order valence-electron chi connectivity index (χ2n) is 10.3. The van der Waals surface area contributed by atoms with Crippen molar-refractivity contribution in [2.75, 3.05) is 12.0 Å². The van der Waals surface area contributed by atoms with E-state index in [2.05, 4.69) is 0 Å². The first-order valence-corrected chi connectivity index (χ1v) is 13.0. The number of nitrogens with zero attached hydrogens (tertiary/aromatic N) is 1. The number of para-hydroxylation sites is 1. The van der Waals surface area contributed by atoms with E-state index in [4.69, 9.17) is 4.74 Å². The summed E-state index contributed by atoms with van der Waals surface area (Å²) in [4.78, 5) is 45.8. The molecule has 2 heterocycles. The van der Waals surface area contributed by atoms with E-state index >= 15 is 0 Å². The summed E-state index contributed by atoms with van der Waals surface area (Å²) in [5.74, 6) is -0.762. The van der Waals surface area contributed by atoms with E-state index in [0.29, 0.717) is 22.4 Å². The molecule has 0 saturated carbocycles. The number of fused-ring (bicyclic) bond motifs is 5. The van der Waals surface area contributed by atoms with Crippen LogP contribution < -0.4 is 9.64 Å². The third-order valence-corrected chi connectivity index (χ3v) is 8.49. The van der Waals surface area contributed by atoms with E-state index in [0.717, 1.165) is 16.8 Å². The third-order valence-electron chi connectivity index (χ3n) is 8.49. The molecular weight excluding hydrogens is 486 g/mol. The zero-order chi connectivity index (χ0) is 26.7. The molecule has 1 saturated heterocycles. The van der Waals surface area contributed by atoms with Crippen LogP contribution in [0.3, 0.4) is 0 Å². The van der Waals surface area contributed by atoms with Crippen molar-refractivity contribution in [2.24, 2.45) is 5.41 Å². The fourth-order valence-electron chi connectivity index (χ4n) is 6.90. The molecule has 0 unspecified atom stereocenters. The van der Waals surface area contributed by atoms with Gasteiger partial charge in [0.05, 0.1) is 13.2 Å². The lowest BCUT2D eigenvalue weighted by atomic mass is 9.64. The molecule has 1 fully saturated rings. The minimum atomic E-state index is -1.52. The highest BCUT2D eigenvalue weighted by atomic mass is 16.5. The molecule has 0 N–H and O–H groups in total. The molecule has 39 heavy (non-hydrogen) atoms. The summed E-state index contributed by atoms with van der Waals surface area (Å²) in [5.41, 5.74) is 2.34. The largest absolute Gasteiger partial charge is 0.497 e. The predicted molar refractivity (Wildman–Crippen MR) is 150 cm³/mol. The molecule has 0 aromatic heterocycles. The second-order valence-corrected chi connectivity index (χ2v) is 10.3. The first-order valence-electron chi connectivity index (χ1n) is 13.0. The molecule has 4 aromatic carbocycles. The number of carbonyl (C=O) groups is 3. The van der Waals surface area contributed by atoms with Crippen molar-refractivity contribution in [3.8, 4) is 5.75 Å². The van der Waals surface area contributed by atoms with Gasteiger partial charge in [-0.05, 0) is 29.3 Å². The monoisotopic (exact) mass is 511 g/mol. The Morgan fingerprint density at radius 1 is 0.795 bits per heavy atom. The third kappa shape index (κ3) is 3.10. The Morgan fingerprint density at radius 2 is 1.46 bits per heavy atom. The Labute approximate surface area is 226 Å². The molecule has 0 radical (unpaired) electrons. The lowest BCUT2D eigenvalue weighted by Crippen LogP contribution is -2.48. The number of Topliss-reactive ketones (excluding diaryl/α,β-unsaturated/α-hetero) is 3. The first-order chi connectivity index (χ1) is 19.1. The molecule has 5 nitrogen and oxygen atoms in total. The number of anilines is 1. The predicted octanol–water partition coefficient (Wildman–Crippen LogP) is 6.01. The zero-order valence-corrected chi connectivity index (χ0v) is 21.3. The van der Waals surface area contributed by atoms with Gasteiger partial charge in [0.1, 0.15) is 17.2 Å². The van der Waals surface area contributed by atoms with Gasteiger partial charge >= 0.3 is 0 Å². The Bertz CT molecular complexity index is 1650. The summed E-state index contributed by atoms with van der Waals surface area (Å²) in [6.07, 6.45) is 3.91. The highest BCUT2D eigenvalue weighted by molar-refractivity contribution is 6.32. The molecule has 1 spiro atoms. The molecule has 0 amide bonds. The van der Waals surface area contributed by atoms with Gasteiger partial charge in [0.2, 0.25) is 0 Å². The quantitative estimate of drug-likeness (QED) is 0.248. The molecule has 2 aliphatic heterocycles. The Morgan fingerprint density at radius 3 is 2.18 bits per heavy atom. The fourth-order valence-corrected chi connectivity index (χ4v) is 6.90. The van der Waals surface area contributed by atoms with Gasteiger partial charge in [0.15, 0.2) is 17.3 Å². The van der Waals surface area contributed by atoms with Crippen LogP contribution in [0.2, 0.25) is 0 Å². The van der Waals surface area contributed by atoms with E-state index in [9.17, 15) is 14.4 Å². The van der Waals surface area contributed by atoms with Crippen LogP contribution in [0.1, 0.15) is 48.1 Å². The van der Waals surface area contributed by atoms with Gasteiger partial charge in [-0.2, -0.15) is 0 Å². The number of rotatable bonds is 4. The van der Waals surface area contributed by atoms with E-state index in [-0.39, 0.29) is 17.3 Å². The fraction of sp³-hybridized carbons (Fsp3) is 0.147. The number of hydrogen-bond acceptors (Lipinski definition) is 5. The van der Waals surface area contributed by atoms with Crippen LogP contribution in [0, 0.1) is 5.41 Å². The minimum Gasteiger partial charge on any atom is -0.497 e. The van der Waals surface area contributed by atoms with Crippen molar-refractivity contribution in [3.63, 3.8) is 0 Å². The van der Waals surface area contributed by atoms with Gasteiger partial charge in [-0.15, -0.1) is 0 Å². The number of carbonyl (C=O) groups excluding carboxylic acids is 3. The number of benzene rings is 4. The van der Waals surface area contributed by atoms with Crippen molar-refractivity contribution in [1.82, 2.24) is 0 Å². The topological polar surface area (TPSA) is 63.7 Å². The van der Waals surface area contributed by atoms with E-state index in [1.165, 1.54) is 0 Å². The second kappa shape index (κ2) is 8.63. The number of ether oxygens (including phenoxy) is 1. The summed E-state index contributed by atoms with van der Waals surface area (Å²) in [6.45, 7) is 0. The smallest absolute Gasteiger partial charge is 0.185 e. The van der Waals surface area contributed by atoms with Crippen LogP contribution in [0.25, 0.3) is 6.08 Å². The SMILES string of the molecule is COc1cccc([C@@H]2[C@@H](C(=O)c3ccccc3)N3c4ccccc4C=C[C@H]3C23C(=O)c2ccccc2C3=O)c1. The normalized spacial score (nSPS) is 22.0. The maximum absolute atomic E-state index is 14.6. The Hall–Kier alpha value is -4.77. The molecule has 4 aromatic rings. The molecule has 0 bridgehead atoms. The van der Waals surface area contributed by atoms with E-state index in [1.54, 1.807) is 43.5 Å². The highest BCUT2D eigenvalue weighted by Gasteiger charge is 2.71. The van der Waals surface area contributed by atoms with Crippen molar-refractivity contribution in [1.29, 1.82) is 0 Å². The van der Waals surface area contributed by atoms with Gasteiger partial charge in [0.25, 0.3) is 0 Å². The lowest BCUT2D eigenvalue weighted by Gasteiger charge is -2.37. The zero-order valence-electron chi connectivity index (χ0n) is 21.3. The maximum atomic E-state index is 14.6. The maximum Gasteiger partial charge on any atom is 0.185 e. The molecule has 3 atom stereocenters. The van der Waals surface area contributed by atoms with Crippen LogP contribution in [-0.4, -0.2) is 36.5 Å². The van der Waals surface area contributed by atoms with Crippen molar-refractivity contribution >= 4 is 29.1 Å². The average molecular weight is 512 g/mol. The van der Waals surface area contributed by atoms with Crippen LogP contribution in [-0.2, 0) is 0 Å². The van der Waals surface area contributed by atoms with Crippen LogP contribution in [0.15, 0.2) is 109 Å². The van der Waals surface area contributed by atoms with Gasteiger partial charge in [-0.3, -0.25) is 14.4 Å². The number of methoxy groups -OCH3 is 1. The molecule has 1 aliphatic carbocycles. The Balaban J connectivity index is 1.56. The van der Waals surface area contributed by atoms with E-state index in [1.807, 2.05) is 83.8 Å². The van der Waals surface area contributed by atoms with Gasteiger partial charge < -0.3 is 9.64 Å². The number of hydrogen-bond donors (Lipinski definition) is 0. The molecule has 3 aliphatic rings. The van der Waals surface area contributed by atoms with Crippen LogP contribution >= 0.6 is 0 Å².